The molecule has 0 spiro atoms. The minimum Gasteiger partial charge on any atom is -0.348 e. The van der Waals surface area contributed by atoms with Crippen LogP contribution in [-0.2, 0) is 0 Å². The smallest absolute Gasteiger partial charge is 0.259 e. The maximum Gasteiger partial charge on any atom is 0.259 e. The third-order valence-corrected chi connectivity index (χ3v) is 6.97. The van der Waals surface area contributed by atoms with Crippen LogP contribution in [0.25, 0.3) is 10.8 Å². The van der Waals surface area contributed by atoms with Crippen molar-refractivity contribution in [3.05, 3.63) is 96.2 Å². The molecule has 4 aromatic rings. The van der Waals surface area contributed by atoms with Crippen LogP contribution in [0.5, 0.6) is 0 Å². The number of nitrogens with one attached hydrogen (secondary N) is 1. The molecule has 5 nitrogen and oxygen atoms in total. The van der Waals surface area contributed by atoms with Gasteiger partial charge in [0.05, 0.1) is 6.04 Å². The topological polar surface area (TPSA) is 58.1 Å². The molecule has 1 aliphatic carbocycles. The number of carbonyl (C=O) groups excluding carboxylic acids is 1. The Bertz CT molecular complexity index is 1280. The molecule has 0 unspecified atom stereocenters. The van der Waals surface area contributed by atoms with Crippen LogP contribution in [0.3, 0.4) is 0 Å². The van der Waals surface area contributed by atoms with Crippen molar-refractivity contribution in [2.24, 2.45) is 5.92 Å². The molecule has 35 heavy (non-hydrogen) atoms. The third-order valence-electron chi connectivity index (χ3n) is 6.97. The molecule has 0 aliphatic heterocycles. The van der Waals surface area contributed by atoms with Crippen LogP contribution >= 0.6 is 0 Å². The van der Waals surface area contributed by atoms with Gasteiger partial charge in [-0.25, -0.2) is 4.98 Å². The van der Waals surface area contributed by atoms with Crippen molar-refractivity contribution >= 4 is 28.4 Å². The summed E-state index contributed by atoms with van der Waals surface area (Å²) in [6, 6.07) is 26.2. The summed E-state index contributed by atoms with van der Waals surface area (Å²) in [7, 11) is 0. The van der Waals surface area contributed by atoms with Gasteiger partial charge in [0, 0.05) is 18.3 Å². The summed E-state index contributed by atoms with van der Waals surface area (Å²) in [4.78, 5) is 25.0. The van der Waals surface area contributed by atoms with Crippen LogP contribution in [0.2, 0.25) is 0 Å². The van der Waals surface area contributed by atoms with E-state index in [1.54, 1.807) is 6.20 Å². The molecule has 3 aromatic carbocycles. The molecule has 5 heteroatoms. The van der Waals surface area contributed by atoms with Crippen LogP contribution < -0.4 is 10.2 Å². The molecule has 1 aliphatic rings. The highest BCUT2D eigenvalue weighted by atomic mass is 16.2. The predicted molar refractivity (Wildman–Crippen MR) is 143 cm³/mol. The molecule has 0 bridgehead atoms. The third kappa shape index (κ3) is 5.51. The van der Waals surface area contributed by atoms with Crippen molar-refractivity contribution < 1.29 is 4.79 Å². The van der Waals surface area contributed by atoms with Crippen molar-refractivity contribution in [2.45, 2.75) is 45.1 Å². The van der Waals surface area contributed by atoms with E-state index >= 15 is 0 Å². The quantitative estimate of drug-likeness (QED) is 0.319. The molecule has 1 amide bonds. The number of benzene rings is 3. The Morgan fingerprint density at radius 2 is 1.69 bits per heavy atom. The molecular formula is C30H32N4O. The number of rotatable bonds is 7. The molecule has 0 saturated heterocycles. The van der Waals surface area contributed by atoms with E-state index in [4.69, 9.17) is 4.98 Å². The van der Waals surface area contributed by atoms with Gasteiger partial charge in [0.25, 0.3) is 5.91 Å². The Kier molecular flexibility index (Phi) is 7.03. The van der Waals surface area contributed by atoms with E-state index in [-0.39, 0.29) is 11.9 Å². The minimum absolute atomic E-state index is 0.0120. The highest BCUT2D eigenvalue weighted by molar-refractivity contribution is 6.07. The largest absolute Gasteiger partial charge is 0.348 e. The number of fused-ring (bicyclic) bond motifs is 1. The van der Waals surface area contributed by atoms with E-state index in [1.807, 2.05) is 59.5 Å². The van der Waals surface area contributed by atoms with Crippen molar-refractivity contribution in [1.82, 2.24) is 9.97 Å². The van der Waals surface area contributed by atoms with E-state index in [1.165, 1.54) is 19.3 Å². The summed E-state index contributed by atoms with van der Waals surface area (Å²) in [5, 5.41) is 5.60. The van der Waals surface area contributed by atoms with Gasteiger partial charge in [-0.3, -0.25) is 9.69 Å². The zero-order valence-corrected chi connectivity index (χ0v) is 20.2. The molecule has 1 atom stereocenters. The lowest BCUT2D eigenvalue weighted by Crippen LogP contribution is -2.37. The van der Waals surface area contributed by atoms with Gasteiger partial charge in [0.15, 0.2) is 0 Å². The fourth-order valence-corrected chi connectivity index (χ4v) is 4.97. The van der Waals surface area contributed by atoms with Crippen molar-refractivity contribution in [3.63, 3.8) is 0 Å². The number of nitrogens with zero attached hydrogens (tertiary/aromatic N) is 3. The molecule has 1 aromatic heterocycles. The number of hydrogen-bond acceptors (Lipinski definition) is 4. The zero-order chi connectivity index (χ0) is 24.0. The molecule has 1 fully saturated rings. The molecule has 178 valence electrons. The number of aromatic nitrogens is 2. The van der Waals surface area contributed by atoms with Gasteiger partial charge in [-0.15, -0.1) is 0 Å². The van der Waals surface area contributed by atoms with Crippen molar-refractivity contribution in [2.75, 3.05) is 16.8 Å². The second-order valence-electron chi connectivity index (χ2n) is 9.50. The summed E-state index contributed by atoms with van der Waals surface area (Å²) in [5.41, 5.74) is 1.85. The second kappa shape index (κ2) is 10.7. The average Bonchev–Trinajstić information content (AvgIpc) is 2.92. The first-order valence-electron chi connectivity index (χ1n) is 12.6. The summed E-state index contributed by atoms with van der Waals surface area (Å²) >= 11 is 0. The Hall–Kier alpha value is -3.73. The highest BCUT2D eigenvalue weighted by Gasteiger charge is 2.25. The summed E-state index contributed by atoms with van der Waals surface area (Å²) in [5.74, 6) is 1.65. The molecule has 1 heterocycles. The van der Waals surface area contributed by atoms with E-state index in [2.05, 4.69) is 41.5 Å². The maximum absolute atomic E-state index is 13.9. The monoisotopic (exact) mass is 464 g/mol. The van der Waals surface area contributed by atoms with Gasteiger partial charge >= 0.3 is 0 Å². The van der Waals surface area contributed by atoms with Crippen LogP contribution in [0.15, 0.2) is 85.1 Å². The van der Waals surface area contributed by atoms with E-state index in [0.717, 1.165) is 29.2 Å². The van der Waals surface area contributed by atoms with Crippen molar-refractivity contribution in [3.8, 4) is 0 Å². The first-order valence-corrected chi connectivity index (χ1v) is 12.6. The minimum atomic E-state index is -0.0120. The van der Waals surface area contributed by atoms with Crippen LogP contribution in [0, 0.1) is 5.92 Å². The summed E-state index contributed by atoms with van der Waals surface area (Å²) in [6.07, 6.45) is 7.80. The van der Waals surface area contributed by atoms with Gasteiger partial charge in [-0.05, 0) is 60.2 Å². The second-order valence-corrected chi connectivity index (χ2v) is 9.50. The number of hydrogen-bond donors (Lipinski definition) is 1. The SMILES string of the molecule is C[C@H](Nc1nccc(N(CC2CCCCC2)C(=O)c2ccc3ccccc3c2)n1)c1ccccc1. The first kappa shape index (κ1) is 23.0. The first-order chi connectivity index (χ1) is 17.2. The zero-order valence-electron chi connectivity index (χ0n) is 20.2. The Labute approximate surface area is 207 Å². The number of amides is 1. The lowest BCUT2D eigenvalue weighted by Gasteiger charge is -2.29. The van der Waals surface area contributed by atoms with Gasteiger partial charge in [-0.1, -0.05) is 79.9 Å². The van der Waals surface area contributed by atoms with E-state index in [0.29, 0.717) is 29.8 Å². The molecular weight excluding hydrogens is 432 g/mol. The standard InChI is InChI=1S/C30H32N4O/c1-22(24-12-6-3-7-13-24)32-30-31-19-18-28(33-30)34(21-23-10-4-2-5-11-23)29(35)27-17-16-25-14-8-9-15-26(25)20-27/h3,6-9,12-20,22-23H,2,4-5,10-11,21H2,1H3,(H,31,32,33)/t22-/m0/s1. The van der Waals surface area contributed by atoms with Gasteiger partial charge in [-0.2, -0.15) is 4.98 Å². The molecule has 0 radical (unpaired) electrons. The Morgan fingerprint density at radius 3 is 2.49 bits per heavy atom. The normalized spacial score (nSPS) is 15.0. The lowest BCUT2D eigenvalue weighted by molar-refractivity contribution is 0.0979. The number of anilines is 2. The number of carbonyl (C=O) groups is 1. The van der Waals surface area contributed by atoms with Crippen molar-refractivity contribution in [1.29, 1.82) is 0 Å². The summed E-state index contributed by atoms with van der Waals surface area (Å²) in [6.45, 7) is 2.77. The maximum atomic E-state index is 13.9. The Morgan fingerprint density at radius 1 is 0.943 bits per heavy atom. The van der Waals surface area contributed by atoms with Gasteiger partial charge in [0.2, 0.25) is 5.95 Å². The Balaban J connectivity index is 1.44. The lowest BCUT2D eigenvalue weighted by atomic mass is 9.89. The fraction of sp³-hybridized carbons (Fsp3) is 0.300. The van der Waals surface area contributed by atoms with Gasteiger partial charge < -0.3 is 5.32 Å². The molecule has 5 rings (SSSR count). The fourth-order valence-electron chi connectivity index (χ4n) is 4.97. The molecule has 1 N–H and O–H groups in total. The average molecular weight is 465 g/mol. The van der Waals surface area contributed by atoms with Crippen LogP contribution in [-0.4, -0.2) is 22.4 Å². The van der Waals surface area contributed by atoms with Crippen LogP contribution in [0.1, 0.15) is 61.0 Å². The highest BCUT2D eigenvalue weighted by Crippen LogP contribution is 2.28. The van der Waals surface area contributed by atoms with Gasteiger partial charge in [0.1, 0.15) is 5.82 Å². The summed E-state index contributed by atoms with van der Waals surface area (Å²) < 4.78 is 0. The predicted octanol–water partition coefficient (Wildman–Crippen LogP) is 7.03. The van der Waals surface area contributed by atoms with E-state index < -0.39 is 0 Å². The van der Waals surface area contributed by atoms with Crippen LogP contribution in [0.4, 0.5) is 11.8 Å². The molecule has 1 saturated carbocycles. The van der Waals surface area contributed by atoms with E-state index in [9.17, 15) is 4.79 Å².